The maximum absolute atomic E-state index is 11.6. The molecule has 1 amide bonds. The van der Waals surface area contributed by atoms with Gasteiger partial charge in [-0.2, -0.15) is 0 Å². The van der Waals surface area contributed by atoms with E-state index >= 15 is 0 Å². The molecule has 2 rings (SSSR count). The fraction of sp³-hybridized carbons (Fsp3) is 0.538. The number of esters is 1. The maximum Gasteiger partial charge on any atom is 0.310 e. The summed E-state index contributed by atoms with van der Waals surface area (Å²) in [4.78, 5) is 24.8. The molecule has 19 heavy (non-hydrogen) atoms. The van der Waals surface area contributed by atoms with Crippen LogP contribution in [0.4, 0.5) is 0 Å². The Morgan fingerprint density at radius 1 is 1.53 bits per heavy atom. The highest BCUT2D eigenvalue weighted by atomic mass is 32.1. The molecule has 0 bridgehead atoms. The molecule has 1 saturated heterocycles. The molecule has 0 aromatic carbocycles. The lowest BCUT2D eigenvalue weighted by molar-refractivity contribution is -0.139. The topological polar surface area (TPSA) is 67.4 Å². The Morgan fingerprint density at radius 3 is 3.05 bits per heavy atom. The van der Waals surface area contributed by atoms with Gasteiger partial charge in [0.15, 0.2) is 0 Å². The summed E-state index contributed by atoms with van der Waals surface area (Å²) in [5.74, 6) is -0.148. The number of hydrogen-bond acceptors (Lipinski definition) is 5. The fourth-order valence-electron chi connectivity index (χ4n) is 2.02. The highest BCUT2D eigenvalue weighted by Crippen LogP contribution is 2.17. The summed E-state index contributed by atoms with van der Waals surface area (Å²) in [5.41, 5.74) is 0. The number of rotatable bonds is 5. The highest BCUT2D eigenvalue weighted by Gasteiger charge is 2.21. The summed E-state index contributed by atoms with van der Waals surface area (Å²) < 4.78 is 4.63. The van der Waals surface area contributed by atoms with Gasteiger partial charge in [0.2, 0.25) is 5.91 Å². The molecule has 2 heterocycles. The first-order valence-electron chi connectivity index (χ1n) is 6.34. The summed E-state index contributed by atoms with van der Waals surface area (Å²) in [5, 5.41) is 6.10. The first kappa shape index (κ1) is 14.0. The minimum Gasteiger partial charge on any atom is -0.469 e. The van der Waals surface area contributed by atoms with Gasteiger partial charge in [0.1, 0.15) is 0 Å². The van der Waals surface area contributed by atoms with E-state index in [1.165, 1.54) is 7.11 Å². The number of amides is 1. The molecule has 5 nitrogen and oxygen atoms in total. The maximum atomic E-state index is 11.6. The van der Waals surface area contributed by atoms with Crippen LogP contribution in [0.3, 0.4) is 0 Å². The van der Waals surface area contributed by atoms with Crippen LogP contribution in [0.2, 0.25) is 0 Å². The van der Waals surface area contributed by atoms with Crippen molar-refractivity contribution in [2.24, 2.45) is 0 Å². The van der Waals surface area contributed by atoms with E-state index in [1.54, 1.807) is 11.3 Å². The molecule has 1 atom stereocenters. The van der Waals surface area contributed by atoms with Crippen molar-refractivity contribution in [3.05, 3.63) is 21.9 Å². The quantitative estimate of drug-likeness (QED) is 0.785. The van der Waals surface area contributed by atoms with Crippen LogP contribution < -0.4 is 10.6 Å². The van der Waals surface area contributed by atoms with Gasteiger partial charge >= 0.3 is 5.97 Å². The molecule has 0 saturated carbocycles. The van der Waals surface area contributed by atoms with E-state index in [0.29, 0.717) is 13.0 Å². The van der Waals surface area contributed by atoms with E-state index in [1.807, 2.05) is 12.1 Å². The van der Waals surface area contributed by atoms with Crippen LogP contribution in [0, 0.1) is 0 Å². The minimum atomic E-state index is -0.229. The minimum absolute atomic E-state index is 0.0811. The lowest BCUT2D eigenvalue weighted by Crippen LogP contribution is -2.47. The van der Waals surface area contributed by atoms with Gasteiger partial charge in [-0.15, -0.1) is 11.3 Å². The van der Waals surface area contributed by atoms with Crippen LogP contribution in [0.1, 0.15) is 22.6 Å². The second-order valence-corrected chi connectivity index (χ2v) is 5.74. The van der Waals surface area contributed by atoms with Crippen molar-refractivity contribution in [3.63, 3.8) is 0 Å². The zero-order valence-corrected chi connectivity index (χ0v) is 11.7. The fourth-order valence-corrected chi connectivity index (χ4v) is 2.97. The predicted octanol–water partition coefficient (Wildman–Crippen LogP) is 0.832. The summed E-state index contributed by atoms with van der Waals surface area (Å²) in [6.07, 6.45) is 2.21. The Labute approximate surface area is 116 Å². The van der Waals surface area contributed by atoms with E-state index in [9.17, 15) is 9.59 Å². The standard InChI is InChI=1S/C13H18N2O3S/c1-18-12(16)7-9-4-5-10(19-9)8-15-11-3-2-6-14-13(11)17/h4-5,11,15H,2-3,6-8H2,1H3,(H,14,17). The van der Waals surface area contributed by atoms with Crippen LogP contribution in [0.5, 0.6) is 0 Å². The van der Waals surface area contributed by atoms with Crippen LogP contribution in [-0.2, 0) is 27.3 Å². The number of nitrogens with one attached hydrogen (secondary N) is 2. The van der Waals surface area contributed by atoms with E-state index < -0.39 is 0 Å². The van der Waals surface area contributed by atoms with Gasteiger partial charge < -0.3 is 15.4 Å². The first-order valence-corrected chi connectivity index (χ1v) is 7.16. The number of carbonyl (C=O) groups excluding carboxylic acids is 2. The van der Waals surface area contributed by atoms with Crippen molar-refractivity contribution in [1.82, 2.24) is 10.6 Å². The van der Waals surface area contributed by atoms with Crippen molar-refractivity contribution in [3.8, 4) is 0 Å². The lowest BCUT2D eigenvalue weighted by atomic mass is 10.1. The van der Waals surface area contributed by atoms with Crippen molar-refractivity contribution in [2.75, 3.05) is 13.7 Å². The van der Waals surface area contributed by atoms with Gasteiger partial charge in [0.25, 0.3) is 0 Å². The van der Waals surface area contributed by atoms with E-state index in [2.05, 4.69) is 15.4 Å². The second kappa shape index (κ2) is 6.68. The normalized spacial score (nSPS) is 19.0. The highest BCUT2D eigenvalue weighted by molar-refractivity contribution is 7.12. The monoisotopic (exact) mass is 282 g/mol. The first-order chi connectivity index (χ1) is 9.19. The van der Waals surface area contributed by atoms with Gasteiger partial charge in [-0.25, -0.2) is 0 Å². The van der Waals surface area contributed by atoms with E-state index in [0.717, 1.165) is 29.1 Å². The Balaban J connectivity index is 1.82. The average molecular weight is 282 g/mol. The molecule has 0 spiro atoms. The third-order valence-electron chi connectivity index (χ3n) is 3.07. The molecule has 1 fully saturated rings. The molecule has 2 N–H and O–H groups in total. The summed E-state index contributed by atoms with van der Waals surface area (Å²) in [7, 11) is 1.39. The Bertz CT molecular complexity index is 458. The van der Waals surface area contributed by atoms with Crippen LogP contribution in [0.25, 0.3) is 0 Å². The Hall–Kier alpha value is -1.40. The largest absolute Gasteiger partial charge is 0.469 e. The number of ether oxygens (including phenoxy) is 1. The van der Waals surface area contributed by atoms with Gasteiger partial charge in [0.05, 0.1) is 19.6 Å². The number of methoxy groups -OCH3 is 1. The van der Waals surface area contributed by atoms with Crippen molar-refractivity contribution < 1.29 is 14.3 Å². The van der Waals surface area contributed by atoms with Crippen molar-refractivity contribution in [1.29, 1.82) is 0 Å². The molecule has 1 aliphatic rings. The number of thiophene rings is 1. The molecular formula is C13H18N2O3S. The second-order valence-electron chi connectivity index (χ2n) is 4.49. The molecule has 104 valence electrons. The molecule has 0 radical (unpaired) electrons. The SMILES string of the molecule is COC(=O)Cc1ccc(CNC2CCCNC2=O)s1. The zero-order chi connectivity index (χ0) is 13.7. The van der Waals surface area contributed by atoms with Crippen LogP contribution in [0.15, 0.2) is 12.1 Å². The number of hydrogen-bond donors (Lipinski definition) is 2. The van der Waals surface area contributed by atoms with Gasteiger partial charge in [-0.3, -0.25) is 9.59 Å². The molecule has 1 aliphatic heterocycles. The molecular weight excluding hydrogens is 264 g/mol. The number of carbonyl (C=O) groups is 2. The molecule has 1 unspecified atom stereocenters. The van der Waals surface area contributed by atoms with Gasteiger partial charge in [-0.05, 0) is 25.0 Å². The third-order valence-corrected chi connectivity index (χ3v) is 4.16. The van der Waals surface area contributed by atoms with Gasteiger partial charge in [-0.1, -0.05) is 0 Å². The lowest BCUT2D eigenvalue weighted by Gasteiger charge is -2.22. The van der Waals surface area contributed by atoms with E-state index in [4.69, 9.17) is 0 Å². The van der Waals surface area contributed by atoms with Crippen molar-refractivity contribution >= 4 is 23.2 Å². The molecule has 6 heteroatoms. The summed E-state index contributed by atoms with van der Waals surface area (Å²) >= 11 is 1.57. The molecule has 1 aromatic rings. The summed E-state index contributed by atoms with van der Waals surface area (Å²) in [6.45, 7) is 1.43. The summed E-state index contributed by atoms with van der Waals surface area (Å²) in [6, 6.07) is 3.82. The predicted molar refractivity (Wildman–Crippen MR) is 72.9 cm³/mol. The Kier molecular flexibility index (Phi) is 4.93. The third kappa shape index (κ3) is 4.04. The zero-order valence-electron chi connectivity index (χ0n) is 10.9. The average Bonchev–Trinajstić information content (AvgIpc) is 2.85. The Morgan fingerprint density at radius 2 is 2.32 bits per heavy atom. The molecule has 0 aliphatic carbocycles. The van der Waals surface area contributed by atoms with Crippen LogP contribution >= 0.6 is 11.3 Å². The molecule has 1 aromatic heterocycles. The van der Waals surface area contributed by atoms with Crippen molar-refractivity contribution in [2.45, 2.75) is 31.8 Å². The van der Waals surface area contributed by atoms with Crippen LogP contribution in [-0.4, -0.2) is 31.6 Å². The van der Waals surface area contributed by atoms with E-state index in [-0.39, 0.29) is 17.9 Å². The number of piperidine rings is 1. The van der Waals surface area contributed by atoms with Gasteiger partial charge in [0, 0.05) is 22.8 Å². The smallest absolute Gasteiger partial charge is 0.310 e.